The zero-order valence-corrected chi connectivity index (χ0v) is 15.2. The molecule has 2 aliphatic heterocycles. The Hall–Kier alpha value is -2.15. The summed E-state index contributed by atoms with van der Waals surface area (Å²) >= 11 is 0. The quantitative estimate of drug-likeness (QED) is 0.886. The fraction of sp³-hybridized carbons (Fsp3) is 0.579. The van der Waals surface area contributed by atoms with Crippen LogP contribution < -0.4 is 4.74 Å². The highest BCUT2D eigenvalue weighted by Gasteiger charge is 2.48. The Labute approximate surface area is 152 Å². The highest BCUT2D eigenvalue weighted by molar-refractivity contribution is 5.74. The minimum Gasteiger partial charge on any atom is -0.496 e. The number of likely N-dealkylation sites (tertiary alicyclic amines) is 2. The molecule has 2 saturated heterocycles. The van der Waals surface area contributed by atoms with Gasteiger partial charge in [-0.05, 0) is 42.9 Å². The highest BCUT2D eigenvalue weighted by Crippen LogP contribution is 2.44. The number of piperidine rings is 1. The van der Waals surface area contributed by atoms with Crippen LogP contribution in [0.2, 0.25) is 0 Å². The molecule has 0 aromatic heterocycles. The van der Waals surface area contributed by atoms with E-state index in [0.29, 0.717) is 43.9 Å². The largest absolute Gasteiger partial charge is 0.496 e. The number of nitrogens with zero attached hydrogens (tertiary/aromatic N) is 2. The number of amides is 1. The molecule has 1 atom stereocenters. The molecule has 2 heterocycles. The lowest BCUT2D eigenvalue weighted by molar-refractivity contribution is -0.142. The molecule has 1 N–H and O–H groups in total. The monoisotopic (exact) mass is 364 g/mol. The van der Waals surface area contributed by atoms with Crippen molar-refractivity contribution in [2.75, 3.05) is 26.7 Å². The minimum absolute atomic E-state index is 0.0639. The molecule has 3 rings (SSSR count). The summed E-state index contributed by atoms with van der Waals surface area (Å²) in [5.41, 5.74) is 0.548. The SMILES string of the molecule is COc1ccc(F)cc1CN1CC2(CCN(C(C)=O)CC2)CC1C(=O)O. The number of carboxylic acids is 1. The van der Waals surface area contributed by atoms with E-state index in [1.54, 1.807) is 13.0 Å². The number of hydrogen-bond acceptors (Lipinski definition) is 4. The van der Waals surface area contributed by atoms with Gasteiger partial charge >= 0.3 is 5.97 Å². The van der Waals surface area contributed by atoms with E-state index in [-0.39, 0.29) is 17.1 Å². The Morgan fingerprint density at radius 3 is 2.62 bits per heavy atom. The van der Waals surface area contributed by atoms with Crippen molar-refractivity contribution in [3.05, 3.63) is 29.6 Å². The van der Waals surface area contributed by atoms with Crippen LogP contribution in [0, 0.1) is 11.2 Å². The predicted molar refractivity (Wildman–Crippen MR) is 93.3 cm³/mol. The standard InChI is InChI=1S/C19H25FN2O4/c1-13(23)21-7-5-19(6-8-21)10-16(18(24)25)22(12-19)11-14-9-15(20)3-4-17(14)26-2/h3-4,9,16H,5-8,10-12H2,1-2H3,(H,24,25). The van der Waals surface area contributed by atoms with Gasteiger partial charge in [0.25, 0.3) is 0 Å². The number of carbonyl (C=O) groups is 2. The van der Waals surface area contributed by atoms with Crippen molar-refractivity contribution in [2.45, 2.75) is 38.8 Å². The normalized spacial score (nSPS) is 22.6. The Morgan fingerprint density at radius 2 is 2.04 bits per heavy atom. The first-order chi connectivity index (χ1) is 12.3. The second-order valence-electron chi connectivity index (χ2n) is 7.43. The van der Waals surface area contributed by atoms with Crippen LogP contribution in [0.3, 0.4) is 0 Å². The number of halogens is 1. The molecule has 1 amide bonds. The number of ether oxygens (including phenoxy) is 1. The molecular formula is C19H25FN2O4. The van der Waals surface area contributed by atoms with Crippen LogP contribution in [-0.4, -0.2) is 59.6 Å². The Bertz CT molecular complexity index is 701. The van der Waals surface area contributed by atoms with E-state index in [2.05, 4.69) is 0 Å². The summed E-state index contributed by atoms with van der Waals surface area (Å²) in [7, 11) is 1.52. The third-order valence-electron chi connectivity index (χ3n) is 5.78. The van der Waals surface area contributed by atoms with E-state index in [9.17, 15) is 19.1 Å². The summed E-state index contributed by atoms with van der Waals surface area (Å²) < 4.78 is 19.0. The van der Waals surface area contributed by atoms with Crippen LogP contribution in [0.1, 0.15) is 31.7 Å². The molecule has 1 aromatic carbocycles. The van der Waals surface area contributed by atoms with Crippen LogP contribution in [0.4, 0.5) is 4.39 Å². The summed E-state index contributed by atoms with van der Waals surface area (Å²) in [6.07, 6.45) is 2.16. The van der Waals surface area contributed by atoms with Crippen molar-refractivity contribution in [3.63, 3.8) is 0 Å². The number of methoxy groups -OCH3 is 1. The lowest BCUT2D eigenvalue weighted by Gasteiger charge is -2.39. The number of aliphatic carboxylic acids is 1. The molecule has 6 nitrogen and oxygen atoms in total. The highest BCUT2D eigenvalue weighted by atomic mass is 19.1. The molecule has 2 aliphatic rings. The van der Waals surface area contributed by atoms with E-state index in [0.717, 1.165) is 12.8 Å². The average molecular weight is 364 g/mol. The van der Waals surface area contributed by atoms with E-state index < -0.39 is 12.0 Å². The molecule has 0 bridgehead atoms. The topological polar surface area (TPSA) is 70.1 Å². The molecule has 0 saturated carbocycles. The van der Waals surface area contributed by atoms with Gasteiger partial charge in [0.2, 0.25) is 5.91 Å². The predicted octanol–water partition coefficient (Wildman–Crippen LogP) is 2.12. The van der Waals surface area contributed by atoms with Crippen molar-refractivity contribution in [1.29, 1.82) is 0 Å². The summed E-state index contributed by atoms with van der Waals surface area (Å²) in [5, 5.41) is 9.69. The minimum atomic E-state index is -0.855. The smallest absolute Gasteiger partial charge is 0.320 e. The van der Waals surface area contributed by atoms with Crippen molar-refractivity contribution < 1.29 is 23.8 Å². The van der Waals surface area contributed by atoms with E-state index in [1.807, 2.05) is 9.80 Å². The van der Waals surface area contributed by atoms with E-state index in [4.69, 9.17) is 4.74 Å². The summed E-state index contributed by atoms with van der Waals surface area (Å²) in [6.45, 7) is 3.86. The number of benzene rings is 1. The maximum absolute atomic E-state index is 13.7. The van der Waals surface area contributed by atoms with Crippen molar-refractivity contribution >= 4 is 11.9 Å². The van der Waals surface area contributed by atoms with E-state index >= 15 is 0 Å². The number of carbonyl (C=O) groups excluding carboxylic acids is 1. The van der Waals surface area contributed by atoms with E-state index in [1.165, 1.54) is 19.2 Å². The fourth-order valence-corrected chi connectivity index (χ4v) is 4.30. The molecule has 1 spiro atoms. The lowest BCUT2D eigenvalue weighted by Crippen LogP contribution is -2.43. The Balaban J connectivity index is 1.78. The molecule has 0 radical (unpaired) electrons. The molecular weight excluding hydrogens is 339 g/mol. The molecule has 1 unspecified atom stereocenters. The van der Waals surface area contributed by atoms with Gasteiger partial charge < -0.3 is 14.7 Å². The zero-order valence-electron chi connectivity index (χ0n) is 15.2. The molecule has 26 heavy (non-hydrogen) atoms. The summed E-state index contributed by atoms with van der Waals surface area (Å²) in [5.74, 6) is -0.598. The van der Waals surface area contributed by atoms with Gasteiger partial charge in [-0.1, -0.05) is 0 Å². The second-order valence-corrected chi connectivity index (χ2v) is 7.43. The third-order valence-corrected chi connectivity index (χ3v) is 5.78. The molecule has 142 valence electrons. The van der Waals surface area contributed by atoms with Crippen molar-refractivity contribution in [2.24, 2.45) is 5.41 Å². The van der Waals surface area contributed by atoms with Gasteiger partial charge in [-0.15, -0.1) is 0 Å². The van der Waals surface area contributed by atoms with Gasteiger partial charge in [0.15, 0.2) is 0 Å². The molecule has 7 heteroatoms. The maximum atomic E-state index is 13.7. The zero-order chi connectivity index (χ0) is 18.9. The molecule has 1 aromatic rings. The van der Waals surface area contributed by atoms with Gasteiger partial charge in [-0.2, -0.15) is 0 Å². The van der Waals surface area contributed by atoms with Gasteiger partial charge in [-0.25, -0.2) is 4.39 Å². The average Bonchev–Trinajstić information content (AvgIpc) is 2.94. The first-order valence-corrected chi connectivity index (χ1v) is 8.88. The van der Waals surface area contributed by atoms with Gasteiger partial charge in [0.1, 0.15) is 17.6 Å². The fourth-order valence-electron chi connectivity index (χ4n) is 4.30. The lowest BCUT2D eigenvalue weighted by atomic mass is 9.76. The van der Waals surface area contributed by atoms with Crippen LogP contribution in [-0.2, 0) is 16.1 Å². The van der Waals surface area contributed by atoms with Crippen LogP contribution >= 0.6 is 0 Å². The number of hydrogen-bond donors (Lipinski definition) is 1. The van der Waals surface area contributed by atoms with Crippen molar-refractivity contribution in [1.82, 2.24) is 9.80 Å². The summed E-state index contributed by atoms with van der Waals surface area (Å²) in [6, 6.07) is 3.70. The van der Waals surface area contributed by atoms with Crippen molar-refractivity contribution in [3.8, 4) is 5.75 Å². The van der Waals surface area contributed by atoms with Gasteiger partial charge in [-0.3, -0.25) is 14.5 Å². The Morgan fingerprint density at radius 1 is 1.35 bits per heavy atom. The van der Waals surface area contributed by atoms with Gasteiger partial charge in [0, 0.05) is 38.7 Å². The first-order valence-electron chi connectivity index (χ1n) is 8.88. The van der Waals surface area contributed by atoms with Crippen LogP contribution in [0.5, 0.6) is 5.75 Å². The maximum Gasteiger partial charge on any atom is 0.320 e. The third kappa shape index (κ3) is 3.67. The van der Waals surface area contributed by atoms with Gasteiger partial charge in [0.05, 0.1) is 7.11 Å². The number of rotatable bonds is 4. The van der Waals surface area contributed by atoms with Crippen LogP contribution in [0.25, 0.3) is 0 Å². The number of carboxylic acid groups (broad SMARTS) is 1. The summed E-state index contributed by atoms with van der Waals surface area (Å²) in [4.78, 5) is 27.1. The first kappa shape index (κ1) is 18.6. The molecule has 0 aliphatic carbocycles. The van der Waals surface area contributed by atoms with Crippen LogP contribution in [0.15, 0.2) is 18.2 Å². The Kier molecular flexibility index (Phi) is 5.18. The molecule has 2 fully saturated rings. The second kappa shape index (κ2) is 7.23.